The Morgan fingerprint density at radius 1 is 1.25 bits per heavy atom. The molecule has 2 rings (SSSR count). The van der Waals surface area contributed by atoms with Crippen molar-refractivity contribution >= 4 is 11.6 Å². The number of ether oxygens (including phenoxy) is 1. The molecular formula is C19H24N2O3. The lowest BCUT2D eigenvalue weighted by molar-refractivity contribution is 0.102. The first-order valence-electron chi connectivity index (χ1n) is 8.15. The average Bonchev–Trinajstić information content (AvgIpc) is 2.59. The van der Waals surface area contributed by atoms with Gasteiger partial charge in [0.2, 0.25) is 0 Å². The Hall–Kier alpha value is -2.56. The highest BCUT2D eigenvalue weighted by Crippen LogP contribution is 2.19. The summed E-state index contributed by atoms with van der Waals surface area (Å²) in [4.78, 5) is 25.2. The summed E-state index contributed by atoms with van der Waals surface area (Å²) in [5, 5.41) is 2.73. The number of carbonyl (C=O) groups is 1. The maximum absolute atomic E-state index is 12.7. The second-order valence-electron chi connectivity index (χ2n) is 5.79. The van der Waals surface area contributed by atoms with E-state index in [-0.39, 0.29) is 11.5 Å². The first-order valence-corrected chi connectivity index (χ1v) is 8.15. The summed E-state index contributed by atoms with van der Waals surface area (Å²) in [5.74, 6) is 0.125. The SMILES string of the molecule is CCCCn1c(C)c(C)cc(NC(=O)c2ccccc2OC)c1=O. The summed E-state index contributed by atoms with van der Waals surface area (Å²) < 4.78 is 6.94. The highest BCUT2D eigenvalue weighted by atomic mass is 16.5. The predicted molar refractivity (Wildman–Crippen MR) is 96.0 cm³/mol. The largest absolute Gasteiger partial charge is 0.496 e. The molecule has 1 heterocycles. The van der Waals surface area contributed by atoms with E-state index in [9.17, 15) is 9.59 Å². The molecule has 0 spiro atoms. The fraction of sp³-hybridized carbons (Fsp3) is 0.368. The Bertz CT molecular complexity index is 794. The van der Waals surface area contributed by atoms with Crippen LogP contribution in [0.1, 0.15) is 41.4 Å². The molecule has 0 atom stereocenters. The number of hydrogen-bond donors (Lipinski definition) is 1. The number of aryl methyl sites for hydroxylation is 1. The Labute approximate surface area is 142 Å². The number of para-hydroxylation sites is 1. The number of hydrogen-bond acceptors (Lipinski definition) is 3. The number of nitrogens with zero attached hydrogens (tertiary/aromatic N) is 1. The van der Waals surface area contributed by atoms with Gasteiger partial charge in [0, 0.05) is 12.2 Å². The quantitative estimate of drug-likeness (QED) is 0.882. The Kier molecular flexibility index (Phi) is 5.79. The lowest BCUT2D eigenvalue weighted by atomic mass is 10.1. The first kappa shape index (κ1) is 17.8. The topological polar surface area (TPSA) is 60.3 Å². The third-order valence-electron chi connectivity index (χ3n) is 4.15. The molecule has 1 aromatic heterocycles. The third-order valence-corrected chi connectivity index (χ3v) is 4.15. The van der Waals surface area contributed by atoms with Crippen LogP contribution in [-0.2, 0) is 6.54 Å². The van der Waals surface area contributed by atoms with Gasteiger partial charge in [-0.3, -0.25) is 9.59 Å². The van der Waals surface area contributed by atoms with E-state index in [0.717, 1.165) is 24.1 Å². The molecule has 128 valence electrons. The molecule has 0 unspecified atom stereocenters. The van der Waals surface area contributed by atoms with Crippen LogP contribution in [0.3, 0.4) is 0 Å². The Balaban J connectivity index is 2.37. The lowest BCUT2D eigenvalue weighted by Gasteiger charge is -2.15. The molecule has 0 radical (unpaired) electrons. The molecule has 5 heteroatoms. The van der Waals surface area contributed by atoms with E-state index in [1.54, 1.807) is 34.9 Å². The molecule has 0 bridgehead atoms. The molecule has 0 fully saturated rings. The number of amides is 1. The number of benzene rings is 1. The number of unbranched alkanes of at least 4 members (excludes halogenated alkanes) is 1. The molecule has 0 aliphatic carbocycles. The first-order chi connectivity index (χ1) is 11.5. The minimum atomic E-state index is -0.352. The second kappa shape index (κ2) is 7.81. The van der Waals surface area contributed by atoms with Gasteiger partial charge in [0.05, 0.1) is 12.7 Å². The second-order valence-corrected chi connectivity index (χ2v) is 5.79. The van der Waals surface area contributed by atoms with Crippen molar-refractivity contribution in [1.29, 1.82) is 0 Å². The van der Waals surface area contributed by atoms with Crippen molar-refractivity contribution in [3.05, 3.63) is 57.5 Å². The van der Waals surface area contributed by atoms with Crippen molar-refractivity contribution in [3.63, 3.8) is 0 Å². The number of nitrogens with one attached hydrogen (secondary N) is 1. The van der Waals surface area contributed by atoms with Crippen LogP contribution in [0.4, 0.5) is 5.69 Å². The van der Waals surface area contributed by atoms with Crippen LogP contribution in [0.15, 0.2) is 35.1 Å². The minimum absolute atomic E-state index is 0.171. The molecule has 0 aliphatic heterocycles. The fourth-order valence-corrected chi connectivity index (χ4v) is 2.59. The number of aromatic nitrogens is 1. The van der Waals surface area contributed by atoms with Crippen LogP contribution in [0.25, 0.3) is 0 Å². The zero-order chi connectivity index (χ0) is 17.7. The molecule has 1 N–H and O–H groups in total. The van der Waals surface area contributed by atoms with Gasteiger partial charge >= 0.3 is 0 Å². The van der Waals surface area contributed by atoms with Gasteiger partial charge in [-0.2, -0.15) is 0 Å². The highest BCUT2D eigenvalue weighted by molar-refractivity contribution is 6.06. The molecule has 5 nitrogen and oxygen atoms in total. The van der Waals surface area contributed by atoms with Gasteiger partial charge in [0.25, 0.3) is 11.5 Å². The number of rotatable bonds is 6. The van der Waals surface area contributed by atoms with Crippen LogP contribution >= 0.6 is 0 Å². The number of pyridine rings is 1. The maximum atomic E-state index is 12.7. The molecule has 1 aromatic carbocycles. The van der Waals surface area contributed by atoms with Crippen LogP contribution in [0, 0.1) is 13.8 Å². The monoisotopic (exact) mass is 328 g/mol. The summed E-state index contributed by atoms with van der Waals surface area (Å²) in [6, 6.07) is 8.67. The Morgan fingerprint density at radius 3 is 2.62 bits per heavy atom. The van der Waals surface area contributed by atoms with Crippen molar-refractivity contribution in [2.45, 2.75) is 40.2 Å². The number of methoxy groups -OCH3 is 1. The molecule has 24 heavy (non-hydrogen) atoms. The molecule has 0 aliphatic rings. The predicted octanol–water partition coefficient (Wildman–Crippen LogP) is 3.53. The van der Waals surface area contributed by atoms with Gasteiger partial charge in [-0.1, -0.05) is 25.5 Å². The highest BCUT2D eigenvalue weighted by Gasteiger charge is 2.15. The number of anilines is 1. The van der Waals surface area contributed by atoms with E-state index in [2.05, 4.69) is 12.2 Å². The van der Waals surface area contributed by atoms with E-state index in [1.165, 1.54) is 7.11 Å². The van der Waals surface area contributed by atoms with Crippen molar-refractivity contribution in [2.24, 2.45) is 0 Å². The van der Waals surface area contributed by atoms with Crippen LogP contribution in [0.5, 0.6) is 5.75 Å². The molecule has 0 saturated carbocycles. The van der Waals surface area contributed by atoms with Gasteiger partial charge in [-0.05, 0) is 44.0 Å². The van der Waals surface area contributed by atoms with E-state index < -0.39 is 0 Å². The molecule has 1 amide bonds. The lowest BCUT2D eigenvalue weighted by Crippen LogP contribution is -2.28. The molecular weight excluding hydrogens is 304 g/mol. The smallest absolute Gasteiger partial charge is 0.274 e. The fourth-order valence-electron chi connectivity index (χ4n) is 2.59. The molecule has 2 aromatic rings. The normalized spacial score (nSPS) is 10.5. The van der Waals surface area contributed by atoms with Crippen molar-refractivity contribution < 1.29 is 9.53 Å². The minimum Gasteiger partial charge on any atom is -0.496 e. The van der Waals surface area contributed by atoms with Gasteiger partial charge in [-0.25, -0.2) is 0 Å². The Morgan fingerprint density at radius 2 is 1.96 bits per heavy atom. The van der Waals surface area contributed by atoms with Gasteiger partial charge in [-0.15, -0.1) is 0 Å². The van der Waals surface area contributed by atoms with Crippen molar-refractivity contribution in [2.75, 3.05) is 12.4 Å². The summed E-state index contributed by atoms with van der Waals surface area (Å²) >= 11 is 0. The summed E-state index contributed by atoms with van der Waals surface area (Å²) in [5.41, 5.74) is 2.43. The van der Waals surface area contributed by atoms with Crippen LogP contribution in [0.2, 0.25) is 0 Å². The van der Waals surface area contributed by atoms with Crippen LogP contribution in [-0.4, -0.2) is 17.6 Å². The zero-order valence-corrected chi connectivity index (χ0v) is 14.7. The summed E-state index contributed by atoms with van der Waals surface area (Å²) in [6.45, 7) is 6.61. The van der Waals surface area contributed by atoms with Gasteiger partial charge in [0.15, 0.2) is 0 Å². The van der Waals surface area contributed by atoms with E-state index >= 15 is 0 Å². The van der Waals surface area contributed by atoms with E-state index in [0.29, 0.717) is 23.5 Å². The van der Waals surface area contributed by atoms with E-state index in [1.807, 2.05) is 13.8 Å². The van der Waals surface area contributed by atoms with E-state index in [4.69, 9.17) is 4.74 Å². The maximum Gasteiger partial charge on any atom is 0.274 e. The third kappa shape index (κ3) is 3.67. The summed E-state index contributed by atoms with van der Waals surface area (Å²) in [7, 11) is 1.51. The average molecular weight is 328 g/mol. The van der Waals surface area contributed by atoms with Gasteiger partial charge in [0.1, 0.15) is 11.4 Å². The summed E-state index contributed by atoms with van der Waals surface area (Å²) in [6.07, 6.45) is 1.92. The van der Waals surface area contributed by atoms with Gasteiger partial charge < -0.3 is 14.6 Å². The number of carbonyl (C=O) groups excluding carboxylic acids is 1. The van der Waals surface area contributed by atoms with Crippen LogP contribution < -0.4 is 15.6 Å². The van der Waals surface area contributed by atoms with Crippen molar-refractivity contribution in [3.8, 4) is 5.75 Å². The van der Waals surface area contributed by atoms with Crippen molar-refractivity contribution in [1.82, 2.24) is 4.57 Å². The standard InChI is InChI=1S/C19H24N2O3/c1-5-6-11-21-14(3)13(2)12-16(19(21)23)20-18(22)15-9-7-8-10-17(15)24-4/h7-10,12H,5-6,11H2,1-4H3,(H,20,22). The zero-order valence-electron chi connectivity index (χ0n) is 14.7. The molecule has 0 saturated heterocycles.